The molecule has 0 saturated carbocycles. The zero-order chi connectivity index (χ0) is 19.1. The lowest BCUT2D eigenvalue weighted by atomic mass is 10.0. The maximum Gasteiger partial charge on any atom is 0.332 e. The SMILES string of the molecule is Cn1c(=O)c2ccc([C@H]3CCN(C(=O)CN4CCCC4)C3)nc2n(C)c1=O. The molecule has 0 bridgehead atoms. The van der Waals surface area contributed by atoms with E-state index in [1.165, 1.54) is 24.5 Å². The number of nitrogens with zero attached hydrogens (tertiary/aromatic N) is 5. The van der Waals surface area contributed by atoms with Crippen LogP contribution in [0.15, 0.2) is 21.7 Å². The number of aromatic nitrogens is 3. The van der Waals surface area contributed by atoms with Crippen LogP contribution in [0, 0.1) is 0 Å². The van der Waals surface area contributed by atoms with Gasteiger partial charge in [-0.1, -0.05) is 0 Å². The number of hydrogen-bond acceptors (Lipinski definition) is 5. The zero-order valence-electron chi connectivity index (χ0n) is 15.8. The molecular weight excluding hydrogens is 346 g/mol. The molecule has 4 heterocycles. The molecule has 2 aromatic heterocycles. The van der Waals surface area contributed by atoms with Gasteiger partial charge in [-0.15, -0.1) is 0 Å². The van der Waals surface area contributed by atoms with Gasteiger partial charge >= 0.3 is 5.69 Å². The summed E-state index contributed by atoms with van der Waals surface area (Å²) in [4.78, 5) is 45.8. The van der Waals surface area contributed by atoms with Crippen molar-refractivity contribution in [1.82, 2.24) is 23.9 Å². The summed E-state index contributed by atoms with van der Waals surface area (Å²) in [7, 11) is 3.10. The normalized spacial score (nSPS) is 20.7. The van der Waals surface area contributed by atoms with Crippen LogP contribution in [0.2, 0.25) is 0 Å². The van der Waals surface area contributed by atoms with Crippen LogP contribution in [0.25, 0.3) is 11.0 Å². The highest BCUT2D eigenvalue weighted by molar-refractivity contribution is 5.79. The van der Waals surface area contributed by atoms with Crippen LogP contribution >= 0.6 is 0 Å². The van der Waals surface area contributed by atoms with E-state index in [2.05, 4.69) is 9.88 Å². The molecular formula is C19H25N5O3. The van der Waals surface area contributed by atoms with E-state index in [0.29, 0.717) is 24.1 Å². The maximum atomic E-state index is 12.5. The molecule has 2 aliphatic rings. The summed E-state index contributed by atoms with van der Waals surface area (Å²) in [5, 5.41) is 0.434. The monoisotopic (exact) mass is 371 g/mol. The minimum absolute atomic E-state index is 0.135. The Labute approximate surface area is 157 Å². The zero-order valence-corrected chi connectivity index (χ0v) is 15.8. The van der Waals surface area contributed by atoms with Gasteiger partial charge < -0.3 is 4.90 Å². The van der Waals surface area contributed by atoms with Crippen LogP contribution in [0.5, 0.6) is 0 Å². The number of carbonyl (C=O) groups excluding carboxylic acids is 1. The Morgan fingerprint density at radius 2 is 1.85 bits per heavy atom. The van der Waals surface area contributed by atoms with Gasteiger partial charge in [-0.2, -0.15) is 0 Å². The quantitative estimate of drug-likeness (QED) is 0.761. The molecule has 0 unspecified atom stereocenters. The van der Waals surface area contributed by atoms with Crippen LogP contribution in [-0.4, -0.2) is 62.5 Å². The molecule has 1 amide bonds. The van der Waals surface area contributed by atoms with E-state index in [1.807, 2.05) is 11.0 Å². The lowest BCUT2D eigenvalue weighted by Gasteiger charge is -2.21. The fourth-order valence-electron chi connectivity index (χ4n) is 4.16. The summed E-state index contributed by atoms with van der Waals surface area (Å²) in [6, 6.07) is 3.60. The largest absolute Gasteiger partial charge is 0.341 e. The Hall–Kier alpha value is -2.48. The standard InChI is InChI=1S/C19H25N5O3/c1-21-17-14(18(26)22(2)19(21)27)5-6-15(20-17)13-7-10-24(11-13)16(25)12-23-8-3-4-9-23/h5-6,13H,3-4,7-12H2,1-2H3/t13-/m0/s1. The minimum atomic E-state index is -0.383. The van der Waals surface area contributed by atoms with E-state index in [0.717, 1.165) is 36.3 Å². The third kappa shape index (κ3) is 3.18. The number of pyridine rings is 1. The summed E-state index contributed by atoms with van der Waals surface area (Å²) in [6.45, 7) is 3.90. The number of carbonyl (C=O) groups is 1. The highest BCUT2D eigenvalue weighted by Crippen LogP contribution is 2.27. The Kier molecular flexibility index (Phi) is 4.59. The molecule has 8 nitrogen and oxygen atoms in total. The fourth-order valence-corrected chi connectivity index (χ4v) is 4.16. The molecule has 0 radical (unpaired) electrons. The second-order valence-electron chi connectivity index (χ2n) is 7.62. The van der Waals surface area contributed by atoms with Crippen molar-refractivity contribution in [3.63, 3.8) is 0 Å². The lowest BCUT2D eigenvalue weighted by Crippen LogP contribution is -2.38. The van der Waals surface area contributed by atoms with E-state index >= 15 is 0 Å². The number of rotatable bonds is 3. The highest BCUT2D eigenvalue weighted by Gasteiger charge is 2.29. The fraction of sp³-hybridized carbons (Fsp3) is 0.579. The van der Waals surface area contributed by atoms with Crippen molar-refractivity contribution in [2.45, 2.75) is 25.2 Å². The molecule has 0 aromatic carbocycles. The van der Waals surface area contributed by atoms with Crippen LogP contribution in [0.4, 0.5) is 0 Å². The summed E-state index contributed by atoms with van der Waals surface area (Å²) < 4.78 is 2.50. The van der Waals surface area contributed by atoms with E-state index < -0.39 is 0 Å². The first-order chi connectivity index (χ1) is 13.0. The average molecular weight is 371 g/mol. The molecule has 0 N–H and O–H groups in total. The van der Waals surface area contributed by atoms with Gasteiger partial charge in [0, 0.05) is 38.8 Å². The minimum Gasteiger partial charge on any atom is -0.341 e. The van der Waals surface area contributed by atoms with Gasteiger partial charge in [-0.25, -0.2) is 9.78 Å². The average Bonchev–Trinajstić information content (AvgIpc) is 3.36. The molecule has 1 atom stereocenters. The van der Waals surface area contributed by atoms with E-state index in [1.54, 1.807) is 13.1 Å². The van der Waals surface area contributed by atoms with Gasteiger partial charge in [0.15, 0.2) is 0 Å². The van der Waals surface area contributed by atoms with E-state index in [-0.39, 0.29) is 23.1 Å². The first-order valence-corrected chi connectivity index (χ1v) is 9.52. The van der Waals surface area contributed by atoms with Gasteiger partial charge in [0.2, 0.25) is 5.91 Å². The van der Waals surface area contributed by atoms with Crippen molar-refractivity contribution in [3.05, 3.63) is 38.7 Å². The van der Waals surface area contributed by atoms with Crippen molar-refractivity contribution in [2.24, 2.45) is 14.1 Å². The van der Waals surface area contributed by atoms with Crippen molar-refractivity contribution in [3.8, 4) is 0 Å². The number of fused-ring (bicyclic) bond motifs is 1. The first-order valence-electron chi connectivity index (χ1n) is 9.52. The molecule has 2 aromatic rings. The second kappa shape index (κ2) is 6.92. The topological polar surface area (TPSA) is 80.4 Å². The number of hydrogen-bond donors (Lipinski definition) is 0. The molecule has 27 heavy (non-hydrogen) atoms. The first kappa shape index (κ1) is 17.9. The van der Waals surface area contributed by atoms with Crippen LogP contribution in [-0.2, 0) is 18.9 Å². The van der Waals surface area contributed by atoms with Crippen molar-refractivity contribution in [2.75, 3.05) is 32.7 Å². The molecule has 144 valence electrons. The summed E-state index contributed by atoms with van der Waals surface area (Å²) >= 11 is 0. The Morgan fingerprint density at radius 1 is 1.11 bits per heavy atom. The van der Waals surface area contributed by atoms with E-state index in [4.69, 9.17) is 0 Å². The summed E-state index contributed by atoms with van der Waals surface area (Å²) in [6.07, 6.45) is 3.20. The van der Waals surface area contributed by atoms with Crippen LogP contribution in [0.1, 0.15) is 30.9 Å². The molecule has 2 saturated heterocycles. The number of likely N-dealkylation sites (tertiary alicyclic amines) is 2. The molecule has 2 fully saturated rings. The molecule has 0 spiro atoms. The van der Waals surface area contributed by atoms with Gasteiger partial charge in [0.25, 0.3) is 5.56 Å². The third-order valence-corrected chi connectivity index (χ3v) is 5.84. The second-order valence-corrected chi connectivity index (χ2v) is 7.62. The highest BCUT2D eigenvalue weighted by atomic mass is 16.2. The van der Waals surface area contributed by atoms with Gasteiger partial charge in [0.05, 0.1) is 11.9 Å². The Morgan fingerprint density at radius 3 is 2.59 bits per heavy atom. The predicted molar refractivity (Wildman–Crippen MR) is 102 cm³/mol. The maximum absolute atomic E-state index is 12.5. The predicted octanol–water partition coefficient (Wildman–Crippen LogP) is 0.0439. The number of amides is 1. The summed E-state index contributed by atoms with van der Waals surface area (Å²) in [5.74, 6) is 0.317. The van der Waals surface area contributed by atoms with Crippen LogP contribution < -0.4 is 11.2 Å². The van der Waals surface area contributed by atoms with Crippen molar-refractivity contribution >= 4 is 16.9 Å². The molecule has 0 aliphatic carbocycles. The van der Waals surface area contributed by atoms with Crippen molar-refractivity contribution < 1.29 is 4.79 Å². The third-order valence-electron chi connectivity index (χ3n) is 5.84. The number of aryl methyl sites for hydroxylation is 1. The smallest absolute Gasteiger partial charge is 0.332 e. The van der Waals surface area contributed by atoms with Gasteiger partial charge in [-0.05, 0) is 44.5 Å². The lowest BCUT2D eigenvalue weighted by molar-refractivity contribution is -0.131. The van der Waals surface area contributed by atoms with Gasteiger partial charge in [0.1, 0.15) is 5.65 Å². The van der Waals surface area contributed by atoms with Gasteiger partial charge in [-0.3, -0.25) is 23.6 Å². The Balaban J connectivity index is 1.55. The molecule has 8 heteroatoms. The van der Waals surface area contributed by atoms with Crippen LogP contribution in [0.3, 0.4) is 0 Å². The van der Waals surface area contributed by atoms with E-state index in [9.17, 15) is 14.4 Å². The Bertz CT molecular complexity index is 1000. The van der Waals surface area contributed by atoms with Crippen molar-refractivity contribution in [1.29, 1.82) is 0 Å². The summed E-state index contributed by atoms with van der Waals surface area (Å²) in [5.41, 5.74) is 0.525. The molecule has 4 rings (SSSR count). The molecule has 2 aliphatic heterocycles.